The van der Waals surface area contributed by atoms with Crippen LogP contribution in [-0.4, -0.2) is 10.1 Å². The Balaban J connectivity index is 2.65. The number of hydrogen-bond donors (Lipinski definition) is 1. The lowest BCUT2D eigenvalue weighted by molar-refractivity contribution is 0.175. The van der Waals surface area contributed by atoms with Crippen molar-refractivity contribution in [3.63, 3.8) is 0 Å². The molecule has 14 heavy (non-hydrogen) atoms. The van der Waals surface area contributed by atoms with Gasteiger partial charge in [0.2, 0.25) is 0 Å². The molecule has 1 atom stereocenters. The third-order valence-corrected chi connectivity index (χ3v) is 2.46. The number of rotatable bonds is 2. The molecule has 2 aromatic rings. The van der Waals surface area contributed by atoms with Crippen molar-refractivity contribution in [2.45, 2.75) is 19.4 Å². The number of pyridine rings is 1. The molecule has 0 saturated carbocycles. The fourth-order valence-corrected chi connectivity index (χ4v) is 1.66. The number of aliphatic hydroxyl groups is 1. The van der Waals surface area contributed by atoms with Crippen molar-refractivity contribution in [2.24, 2.45) is 0 Å². The van der Waals surface area contributed by atoms with E-state index in [-0.39, 0.29) is 6.10 Å². The van der Waals surface area contributed by atoms with Gasteiger partial charge in [0, 0.05) is 17.8 Å². The first-order valence-corrected chi connectivity index (χ1v) is 4.83. The summed E-state index contributed by atoms with van der Waals surface area (Å²) in [5.41, 5.74) is 0.993. The van der Waals surface area contributed by atoms with Crippen molar-refractivity contribution in [1.82, 2.24) is 4.98 Å². The van der Waals surface area contributed by atoms with Crippen LogP contribution in [0.25, 0.3) is 10.8 Å². The smallest absolute Gasteiger partial charge is 0.0793 e. The van der Waals surface area contributed by atoms with Gasteiger partial charge in [-0.15, -0.1) is 0 Å². The summed E-state index contributed by atoms with van der Waals surface area (Å²) >= 11 is 0. The van der Waals surface area contributed by atoms with Gasteiger partial charge >= 0.3 is 0 Å². The first kappa shape index (κ1) is 9.16. The van der Waals surface area contributed by atoms with Crippen molar-refractivity contribution < 1.29 is 5.11 Å². The van der Waals surface area contributed by atoms with Crippen LogP contribution < -0.4 is 0 Å². The van der Waals surface area contributed by atoms with Crippen LogP contribution in [0.1, 0.15) is 25.0 Å². The number of aromatic nitrogens is 1. The topological polar surface area (TPSA) is 33.1 Å². The van der Waals surface area contributed by atoms with E-state index in [0.717, 1.165) is 22.8 Å². The van der Waals surface area contributed by atoms with E-state index >= 15 is 0 Å². The Morgan fingerprint density at radius 3 is 3.00 bits per heavy atom. The Morgan fingerprint density at radius 2 is 2.21 bits per heavy atom. The molecule has 72 valence electrons. The second kappa shape index (κ2) is 3.76. The molecule has 0 radical (unpaired) electrons. The van der Waals surface area contributed by atoms with Gasteiger partial charge in [0.1, 0.15) is 0 Å². The Morgan fingerprint density at radius 1 is 1.36 bits per heavy atom. The predicted molar refractivity (Wildman–Crippen MR) is 57.0 cm³/mol. The van der Waals surface area contributed by atoms with E-state index in [1.165, 1.54) is 0 Å². The Kier molecular flexibility index (Phi) is 2.46. The monoisotopic (exact) mass is 187 g/mol. The second-order valence-electron chi connectivity index (χ2n) is 3.37. The molecule has 0 aliphatic carbocycles. The van der Waals surface area contributed by atoms with Crippen LogP contribution in [0.3, 0.4) is 0 Å². The van der Waals surface area contributed by atoms with Gasteiger partial charge in [-0.25, -0.2) is 0 Å². The fraction of sp³-hybridized carbons (Fsp3) is 0.250. The first-order chi connectivity index (χ1) is 6.83. The minimum atomic E-state index is -0.374. The lowest BCUT2D eigenvalue weighted by Crippen LogP contribution is -1.96. The van der Waals surface area contributed by atoms with Gasteiger partial charge in [0.15, 0.2) is 0 Å². The molecular weight excluding hydrogens is 174 g/mol. The molecule has 0 bridgehead atoms. The van der Waals surface area contributed by atoms with Crippen molar-refractivity contribution >= 4 is 10.8 Å². The summed E-state index contributed by atoms with van der Waals surface area (Å²) in [6.07, 6.45) is 3.94. The van der Waals surface area contributed by atoms with Crippen LogP contribution in [0.2, 0.25) is 0 Å². The maximum absolute atomic E-state index is 9.81. The third-order valence-electron chi connectivity index (χ3n) is 2.46. The summed E-state index contributed by atoms with van der Waals surface area (Å²) in [6, 6.07) is 7.88. The molecule has 0 amide bonds. The van der Waals surface area contributed by atoms with Gasteiger partial charge in [-0.2, -0.15) is 0 Å². The zero-order valence-electron chi connectivity index (χ0n) is 8.14. The maximum atomic E-state index is 9.81. The molecule has 2 nitrogen and oxygen atoms in total. The summed E-state index contributed by atoms with van der Waals surface area (Å²) in [5, 5.41) is 12.0. The summed E-state index contributed by atoms with van der Waals surface area (Å²) in [6.45, 7) is 1.98. The van der Waals surface area contributed by atoms with Crippen molar-refractivity contribution in [3.05, 3.63) is 42.2 Å². The highest BCUT2D eigenvalue weighted by molar-refractivity contribution is 5.85. The quantitative estimate of drug-likeness (QED) is 0.784. The zero-order valence-corrected chi connectivity index (χ0v) is 8.14. The molecule has 0 aliphatic heterocycles. The minimum Gasteiger partial charge on any atom is -0.388 e. The van der Waals surface area contributed by atoms with Crippen LogP contribution in [0.15, 0.2) is 36.7 Å². The highest BCUT2D eigenvalue weighted by atomic mass is 16.3. The predicted octanol–water partition coefficient (Wildman–Crippen LogP) is 2.68. The lowest BCUT2D eigenvalue weighted by Gasteiger charge is -2.10. The lowest BCUT2D eigenvalue weighted by atomic mass is 10.0. The van der Waals surface area contributed by atoms with Crippen LogP contribution >= 0.6 is 0 Å². The number of aliphatic hydroxyl groups excluding tert-OH is 1. The summed E-state index contributed by atoms with van der Waals surface area (Å²) < 4.78 is 0. The van der Waals surface area contributed by atoms with E-state index in [1.807, 2.05) is 37.4 Å². The van der Waals surface area contributed by atoms with Crippen molar-refractivity contribution in [3.8, 4) is 0 Å². The summed E-state index contributed by atoms with van der Waals surface area (Å²) in [5.74, 6) is 0. The molecule has 1 unspecified atom stereocenters. The first-order valence-electron chi connectivity index (χ1n) is 4.83. The van der Waals surface area contributed by atoms with Crippen LogP contribution in [0.5, 0.6) is 0 Å². The van der Waals surface area contributed by atoms with Gasteiger partial charge in [-0.1, -0.05) is 25.1 Å². The molecule has 1 heterocycles. The van der Waals surface area contributed by atoms with E-state index in [0.29, 0.717) is 0 Å². The fourth-order valence-electron chi connectivity index (χ4n) is 1.66. The molecular formula is C12H13NO. The third kappa shape index (κ3) is 1.49. The van der Waals surface area contributed by atoms with Crippen LogP contribution in [0.4, 0.5) is 0 Å². The van der Waals surface area contributed by atoms with Gasteiger partial charge in [-0.3, -0.25) is 4.98 Å². The molecule has 1 N–H and O–H groups in total. The largest absolute Gasteiger partial charge is 0.388 e. The summed E-state index contributed by atoms with van der Waals surface area (Å²) in [4.78, 5) is 4.06. The molecule has 0 aliphatic rings. The normalized spacial score (nSPS) is 13.0. The number of benzene rings is 1. The highest BCUT2D eigenvalue weighted by Crippen LogP contribution is 2.24. The van der Waals surface area contributed by atoms with Crippen molar-refractivity contribution in [1.29, 1.82) is 0 Å². The summed E-state index contributed by atoms with van der Waals surface area (Å²) in [7, 11) is 0. The average molecular weight is 187 g/mol. The SMILES string of the molecule is CCC(O)c1cccc2cnccc12. The van der Waals surface area contributed by atoms with Gasteiger partial charge in [0.25, 0.3) is 0 Å². The van der Waals surface area contributed by atoms with Crippen LogP contribution in [0, 0.1) is 0 Å². The van der Waals surface area contributed by atoms with E-state index in [2.05, 4.69) is 4.98 Å². The van der Waals surface area contributed by atoms with E-state index < -0.39 is 0 Å². The molecule has 0 spiro atoms. The molecule has 0 saturated heterocycles. The molecule has 0 fully saturated rings. The highest BCUT2D eigenvalue weighted by Gasteiger charge is 2.07. The molecule has 1 aromatic carbocycles. The van der Waals surface area contributed by atoms with E-state index in [9.17, 15) is 5.11 Å². The van der Waals surface area contributed by atoms with E-state index in [4.69, 9.17) is 0 Å². The zero-order chi connectivity index (χ0) is 9.97. The Hall–Kier alpha value is -1.41. The number of hydrogen-bond acceptors (Lipinski definition) is 2. The maximum Gasteiger partial charge on any atom is 0.0793 e. The molecule has 2 rings (SSSR count). The van der Waals surface area contributed by atoms with Gasteiger partial charge in [-0.05, 0) is 23.4 Å². The Bertz CT molecular complexity index is 434. The van der Waals surface area contributed by atoms with Gasteiger partial charge in [0.05, 0.1) is 6.10 Å². The van der Waals surface area contributed by atoms with Crippen LogP contribution in [-0.2, 0) is 0 Å². The second-order valence-corrected chi connectivity index (χ2v) is 3.37. The standard InChI is InChI=1S/C12H13NO/c1-2-12(14)11-5-3-4-9-8-13-7-6-10(9)11/h3-8,12,14H,2H2,1H3. The van der Waals surface area contributed by atoms with Crippen molar-refractivity contribution in [2.75, 3.05) is 0 Å². The molecule has 2 heteroatoms. The Labute approximate surface area is 83.2 Å². The average Bonchev–Trinajstić information content (AvgIpc) is 2.27. The minimum absolute atomic E-state index is 0.374. The molecule has 1 aromatic heterocycles. The number of fused-ring (bicyclic) bond motifs is 1. The van der Waals surface area contributed by atoms with Gasteiger partial charge < -0.3 is 5.11 Å². The number of nitrogens with zero attached hydrogens (tertiary/aromatic N) is 1. The van der Waals surface area contributed by atoms with E-state index in [1.54, 1.807) is 6.20 Å².